The molecule has 2 rings (SSSR count). The number of anilines is 1. The van der Waals surface area contributed by atoms with Crippen molar-refractivity contribution in [2.45, 2.75) is 32.2 Å². The highest BCUT2D eigenvalue weighted by molar-refractivity contribution is 5.32. The molecule has 2 heterocycles. The molecule has 0 saturated carbocycles. The van der Waals surface area contributed by atoms with Crippen LogP contribution in [-0.2, 0) is 0 Å². The highest BCUT2D eigenvalue weighted by Gasteiger charge is 2.18. The van der Waals surface area contributed by atoms with Crippen molar-refractivity contribution in [2.75, 3.05) is 25.5 Å². The van der Waals surface area contributed by atoms with Gasteiger partial charge < -0.3 is 10.2 Å². The number of piperidine rings is 1. The van der Waals surface area contributed by atoms with E-state index in [9.17, 15) is 0 Å². The molecule has 0 bridgehead atoms. The van der Waals surface area contributed by atoms with E-state index in [0.29, 0.717) is 6.04 Å². The first-order valence-electron chi connectivity index (χ1n) is 6.00. The van der Waals surface area contributed by atoms with Gasteiger partial charge in [-0.3, -0.25) is 0 Å². The molecule has 1 unspecified atom stereocenters. The van der Waals surface area contributed by atoms with Crippen molar-refractivity contribution in [3.05, 3.63) is 17.8 Å². The Labute approximate surface area is 97.1 Å². The van der Waals surface area contributed by atoms with Crippen LogP contribution in [0.5, 0.6) is 0 Å². The molecule has 88 valence electrons. The molecule has 1 saturated heterocycles. The molecule has 0 amide bonds. The van der Waals surface area contributed by atoms with Crippen LogP contribution in [0.3, 0.4) is 0 Å². The van der Waals surface area contributed by atoms with E-state index >= 15 is 0 Å². The lowest BCUT2D eigenvalue weighted by Gasteiger charge is -2.32. The second-order valence-corrected chi connectivity index (χ2v) is 4.57. The van der Waals surface area contributed by atoms with E-state index in [1.54, 1.807) is 0 Å². The molecule has 4 nitrogen and oxygen atoms in total. The monoisotopic (exact) mass is 220 g/mol. The smallest absolute Gasteiger partial charge is 0.148 e. The van der Waals surface area contributed by atoms with Crippen LogP contribution in [-0.4, -0.2) is 41.3 Å². The third-order valence-corrected chi connectivity index (χ3v) is 3.24. The second-order valence-electron chi connectivity index (χ2n) is 4.57. The summed E-state index contributed by atoms with van der Waals surface area (Å²) in [7, 11) is 2.20. The fourth-order valence-corrected chi connectivity index (χ4v) is 2.12. The summed E-state index contributed by atoms with van der Waals surface area (Å²) in [5.41, 5.74) is 0.959. The van der Waals surface area contributed by atoms with E-state index in [4.69, 9.17) is 0 Å². The quantitative estimate of drug-likeness (QED) is 0.841. The average Bonchev–Trinajstić information content (AvgIpc) is 2.30. The molecule has 16 heavy (non-hydrogen) atoms. The van der Waals surface area contributed by atoms with Crippen LogP contribution in [0.15, 0.2) is 12.1 Å². The summed E-state index contributed by atoms with van der Waals surface area (Å²) in [6, 6.07) is 4.61. The molecule has 0 radical (unpaired) electrons. The highest BCUT2D eigenvalue weighted by Crippen LogP contribution is 2.15. The van der Waals surface area contributed by atoms with Gasteiger partial charge in [0.05, 0.1) is 5.69 Å². The van der Waals surface area contributed by atoms with Gasteiger partial charge in [-0.05, 0) is 45.5 Å². The predicted octanol–water partition coefficient (Wildman–Crippen LogP) is 1.68. The lowest BCUT2D eigenvalue weighted by molar-refractivity contribution is 0.194. The van der Waals surface area contributed by atoms with Gasteiger partial charge in [0.2, 0.25) is 0 Å². The van der Waals surface area contributed by atoms with E-state index in [1.807, 2.05) is 19.1 Å². The topological polar surface area (TPSA) is 41.0 Å². The molecule has 1 aliphatic rings. The van der Waals surface area contributed by atoms with Crippen LogP contribution in [0.2, 0.25) is 0 Å². The molecule has 1 N–H and O–H groups in total. The maximum absolute atomic E-state index is 4.11. The summed E-state index contributed by atoms with van der Waals surface area (Å²) in [5, 5.41) is 11.5. The molecule has 4 heteroatoms. The average molecular weight is 220 g/mol. The Bertz CT molecular complexity index is 322. The third kappa shape index (κ3) is 2.92. The van der Waals surface area contributed by atoms with E-state index < -0.39 is 0 Å². The highest BCUT2D eigenvalue weighted by atomic mass is 15.2. The van der Waals surface area contributed by atoms with Gasteiger partial charge in [0.15, 0.2) is 0 Å². The number of hydrogen-bond donors (Lipinski definition) is 1. The fourth-order valence-electron chi connectivity index (χ4n) is 2.12. The maximum atomic E-state index is 4.11. The van der Waals surface area contributed by atoms with Crippen LogP contribution < -0.4 is 5.32 Å². The minimum Gasteiger partial charge on any atom is -0.367 e. The molecule has 0 aliphatic carbocycles. The normalized spacial score (nSPS) is 22.0. The first kappa shape index (κ1) is 11.3. The van der Waals surface area contributed by atoms with Crippen LogP contribution in [0.1, 0.15) is 25.0 Å². The molecular formula is C12H20N4. The molecule has 1 atom stereocenters. The molecule has 1 aromatic rings. The number of aryl methyl sites for hydroxylation is 1. The zero-order valence-corrected chi connectivity index (χ0v) is 10.1. The minimum absolute atomic E-state index is 0.636. The Kier molecular flexibility index (Phi) is 3.72. The SMILES string of the molecule is Cc1ccc(NCC2CCCCN2C)nn1. The third-order valence-electron chi connectivity index (χ3n) is 3.24. The van der Waals surface area contributed by atoms with Crippen molar-refractivity contribution >= 4 is 5.82 Å². The molecular weight excluding hydrogens is 200 g/mol. The Balaban J connectivity index is 1.84. The number of nitrogens with zero attached hydrogens (tertiary/aromatic N) is 3. The number of likely N-dealkylation sites (N-methyl/N-ethyl adjacent to an activating group) is 1. The molecule has 0 aromatic carbocycles. The fraction of sp³-hybridized carbons (Fsp3) is 0.667. The molecule has 1 aliphatic heterocycles. The van der Waals surface area contributed by atoms with Crippen molar-refractivity contribution in [3.8, 4) is 0 Å². The van der Waals surface area contributed by atoms with Crippen molar-refractivity contribution in [1.82, 2.24) is 15.1 Å². The van der Waals surface area contributed by atoms with Crippen molar-refractivity contribution in [3.63, 3.8) is 0 Å². The van der Waals surface area contributed by atoms with Gasteiger partial charge in [0, 0.05) is 12.6 Å². The van der Waals surface area contributed by atoms with Gasteiger partial charge in [-0.15, -0.1) is 5.10 Å². The van der Waals surface area contributed by atoms with Crippen molar-refractivity contribution in [1.29, 1.82) is 0 Å². The van der Waals surface area contributed by atoms with Gasteiger partial charge in [-0.1, -0.05) is 6.42 Å². The van der Waals surface area contributed by atoms with E-state index in [2.05, 4.69) is 27.5 Å². The summed E-state index contributed by atoms with van der Waals surface area (Å²) >= 11 is 0. The van der Waals surface area contributed by atoms with Crippen molar-refractivity contribution < 1.29 is 0 Å². The van der Waals surface area contributed by atoms with Crippen molar-refractivity contribution in [2.24, 2.45) is 0 Å². The van der Waals surface area contributed by atoms with Gasteiger partial charge in [0.25, 0.3) is 0 Å². The lowest BCUT2D eigenvalue weighted by Crippen LogP contribution is -2.40. The van der Waals surface area contributed by atoms with Crippen LogP contribution >= 0.6 is 0 Å². The number of nitrogens with one attached hydrogen (secondary N) is 1. The molecule has 1 fully saturated rings. The first-order chi connectivity index (χ1) is 7.75. The largest absolute Gasteiger partial charge is 0.367 e. The standard InChI is InChI=1S/C12H20N4/c1-10-6-7-12(15-14-10)13-9-11-5-3-4-8-16(11)2/h6-7,11H,3-5,8-9H2,1-2H3,(H,13,15). The minimum atomic E-state index is 0.636. The van der Waals surface area contributed by atoms with E-state index in [0.717, 1.165) is 18.1 Å². The second kappa shape index (κ2) is 5.25. The Morgan fingerprint density at radius 1 is 1.38 bits per heavy atom. The summed E-state index contributed by atoms with van der Waals surface area (Å²) < 4.78 is 0. The van der Waals surface area contributed by atoms with E-state index in [-0.39, 0.29) is 0 Å². The predicted molar refractivity (Wildman–Crippen MR) is 65.5 cm³/mol. The van der Waals surface area contributed by atoms with Gasteiger partial charge in [-0.2, -0.15) is 5.10 Å². The Hall–Kier alpha value is -1.16. The zero-order chi connectivity index (χ0) is 11.4. The van der Waals surface area contributed by atoms with Crippen LogP contribution in [0, 0.1) is 6.92 Å². The zero-order valence-electron chi connectivity index (χ0n) is 10.1. The molecule has 1 aromatic heterocycles. The first-order valence-corrected chi connectivity index (χ1v) is 6.00. The van der Waals surface area contributed by atoms with Crippen LogP contribution in [0.25, 0.3) is 0 Å². The number of aromatic nitrogens is 2. The Morgan fingerprint density at radius 2 is 2.25 bits per heavy atom. The number of rotatable bonds is 3. The summed E-state index contributed by atoms with van der Waals surface area (Å²) in [5.74, 6) is 0.879. The Morgan fingerprint density at radius 3 is 2.94 bits per heavy atom. The summed E-state index contributed by atoms with van der Waals surface area (Å²) in [6.45, 7) is 4.13. The van der Waals surface area contributed by atoms with Gasteiger partial charge in [-0.25, -0.2) is 0 Å². The van der Waals surface area contributed by atoms with Gasteiger partial charge >= 0.3 is 0 Å². The maximum Gasteiger partial charge on any atom is 0.148 e. The summed E-state index contributed by atoms with van der Waals surface area (Å²) in [4.78, 5) is 2.43. The molecule has 0 spiro atoms. The summed E-state index contributed by atoms with van der Waals surface area (Å²) in [6.07, 6.45) is 3.95. The van der Waals surface area contributed by atoms with Crippen LogP contribution in [0.4, 0.5) is 5.82 Å². The number of hydrogen-bond acceptors (Lipinski definition) is 4. The lowest BCUT2D eigenvalue weighted by atomic mass is 10.0. The van der Waals surface area contributed by atoms with E-state index in [1.165, 1.54) is 25.8 Å². The van der Waals surface area contributed by atoms with Gasteiger partial charge in [0.1, 0.15) is 5.82 Å². The number of likely N-dealkylation sites (tertiary alicyclic amines) is 1.